The van der Waals surface area contributed by atoms with Gasteiger partial charge in [-0.05, 0) is 36.4 Å². The van der Waals surface area contributed by atoms with Gasteiger partial charge in [0.1, 0.15) is 0 Å². The Morgan fingerprint density at radius 1 is 1.24 bits per heavy atom. The average molecular weight is 284 g/mol. The molecule has 0 saturated heterocycles. The SMILES string of the molecule is COc1ccc(-c2cc3ncccc3c(=O)n2C)cc1F. The molecular weight excluding hydrogens is 271 g/mol. The lowest BCUT2D eigenvalue weighted by Gasteiger charge is -2.11. The highest BCUT2D eigenvalue weighted by Gasteiger charge is 2.11. The van der Waals surface area contributed by atoms with Gasteiger partial charge in [-0.2, -0.15) is 0 Å². The summed E-state index contributed by atoms with van der Waals surface area (Å²) in [6.45, 7) is 0. The van der Waals surface area contributed by atoms with Gasteiger partial charge in [-0.1, -0.05) is 0 Å². The number of methoxy groups -OCH3 is 1. The number of rotatable bonds is 2. The summed E-state index contributed by atoms with van der Waals surface area (Å²) in [5, 5.41) is 0.540. The van der Waals surface area contributed by atoms with Gasteiger partial charge in [-0.3, -0.25) is 9.78 Å². The predicted molar refractivity (Wildman–Crippen MR) is 78.9 cm³/mol. The zero-order valence-electron chi connectivity index (χ0n) is 11.6. The molecular formula is C16H13FN2O2. The van der Waals surface area contributed by atoms with Gasteiger partial charge in [-0.15, -0.1) is 0 Å². The lowest BCUT2D eigenvalue weighted by atomic mass is 10.1. The molecule has 2 heterocycles. The van der Waals surface area contributed by atoms with Crippen LogP contribution in [0.2, 0.25) is 0 Å². The number of hydrogen-bond donors (Lipinski definition) is 0. The number of halogens is 1. The number of ether oxygens (including phenoxy) is 1. The van der Waals surface area contributed by atoms with Gasteiger partial charge in [-0.25, -0.2) is 4.39 Å². The molecule has 0 atom stereocenters. The molecule has 0 spiro atoms. The van der Waals surface area contributed by atoms with Crippen LogP contribution in [0.25, 0.3) is 22.2 Å². The van der Waals surface area contributed by atoms with Gasteiger partial charge in [0, 0.05) is 18.8 Å². The molecule has 0 fully saturated rings. The normalized spacial score (nSPS) is 10.8. The minimum atomic E-state index is -0.469. The Bertz CT molecular complexity index is 887. The van der Waals surface area contributed by atoms with Gasteiger partial charge >= 0.3 is 0 Å². The number of benzene rings is 1. The Morgan fingerprint density at radius 2 is 2.05 bits per heavy atom. The molecule has 1 aromatic carbocycles. The largest absolute Gasteiger partial charge is 0.494 e. The maximum atomic E-state index is 13.9. The Balaban J connectivity index is 2.28. The van der Waals surface area contributed by atoms with E-state index in [1.165, 1.54) is 23.8 Å². The highest BCUT2D eigenvalue weighted by molar-refractivity contribution is 5.81. The molecule has 0 saturated carbocycles. The quantitative estimate of drug-likeness (QED) is 0.727. The monoisotopic (exact) mass is 284 g/mol. The van der Waals surface area contributed by atoms with Crippen LogP contribution in [0.4, 0.5) is 4.39 Å². The molecule has 3 aromatic rings. The van der Waals surface area contributed by atoms with E-state index in [9.17, 15) is 9.18 Å². The third-order valence-electron chi connectivity index (χ3n) is 3.46. The molecule has 0 aliphatic rings. The molecule has 2 aromatic heterocycles. The van der Waals surface area contributed by atoms with E-state index < -0.39 is 5.82 Å². The fourth-order valence-electron chi connectivity index (χ4n) is 2.33. The van der Waals surface area contributed by atoms with Gasteiger partial charge in [0.2, 0.25) is 0 Å². The molecule has 0 N–H and O–H groups in total. The first-order valence-electron chi connectivity index (χ1n) is 6.40. The minimum Gasteiger partial charge on any atom is -0.494 e. The van der Waals surface area contributed by atoms with Crippen molar-refractivity contribution in [2.75, 3.05) is 7.11 Å². The molecule has 0 amide bonds. The van der Waals surface area contributed by atoms with Crippen molar-refractivity contribution in [3.8, 4) is 17.0 Å². The average Bonchev–Trinajstić information content (AvgIpc) is 2.51. The van der Waals surface area contributed by atoms with Crippen LogP contribution in [0.3, 0.4) is 0 Å². The van der Waals surface area contributed by atoms with Crippen LogP contribution in [0.1, 0.15) is 0 Å². The summed E-state index contributed by atoms with van der Waals surface area (Å²) in [5.74, 6) is -0.300. The summed E-state index contributed by atoms with van der Waals surface area (Å²) in [4.78, 5) is 16.5. The van der Waals surface area contributed by atoms with E-state index in [-0.39, 0.29) is 11.3 Å². The molecule has 0 aliphatic heterocycles. The molecule has 21 heavy (non-hydrogen) atoms. The summed E-state index contributed by atoms with van der Waals surface area (Å²) in [7, 11) is 3.07. The van der Waals surface area contributed by atoms with E-state index in [1.807, 2.05) is 0 Å². The van der Waals surface area contributed by atoms with E-state index in [1.54, 1.807) is 37.5 Å². The standard InChI is InChI=1S/C16H13FN2O2/c1-19-14(10-5-6-15(21-2)12(17)8-10)9-13-11(16(19)20)4-3-7-18-13/h3-9H,1-2H3. The van der Waals surface area contributed by atoms with Crippen molar-refractivity contribution >= 4 is 10.9 Å². The van der Waals surface area contributed by atoms with Crippen molar-refractivity contribution in [1.82, 2.24) is 9.55 Å². The zero-order chi connectivity index (χ0) is 15.0. The molecule has 3 rings (SSSR count). The third kappa shape index (κ3) is 2.16. The molecule has 5 heteroatoms. The van der Waals surface area contributed by atoms with Crippen molar-refractivity contribution in [3.63, 3.8) is 0 Å². The topological polar surface area (TPSA) is 44.1 Å². The van der Waals surface area contributed by atoms with Crippen LogP contribution in [-0.2, 0) is 7.05 Å². The zero-order valence-corrected chi connectivity index (χ0v) is 11.6. The molecule has 0 unspecified atom stereocenters. The fourth-order valence-corrected chi connectivity index (χ4v) is 2.33. The highest BCUT2D eigenvalue weighted by Crippen LogP contribution is 2.25. The van der Waals surface area contributed by atoms with Crippen molar-refractivity contribution in [2.45, 2.75) is 0 Å². The number of fused-ring (bicyclic) bond motifs is 1. The van der Waals surface area contributed by atoms with E-state index >= 15 is 0 Å². The second-order valence-corrected chi connectivity index (χ2v) is 4.68. The third-order valence-corrected chi connectivity index (χ3v) is 3.46. The van der Waals surface area contributed by atoms with Gasteiger partial charge in [0.15, 0.2) is 11.6 Å². The summed E-state index contributed by atoms with van der Waals surface area (Å²) >= 11 is 0. The summed E-state index contributed by atoms with van der Waals surface area (Å²) in [6.07, 6.45) is 1.63. The van der Waals surface area contributed by atoms with Crippen LogP contribution < -0.4 is 10.3 Å². The van der Waals surface area contributed by atoms with E-state index in [4.69, 9.17) is 4.74 Å². The number of nitrogens with zero attached hydrogens (tertiary/aromatic N) is 2. The highest BCUT2D eigenvalue weighted by atomic mass is 19.1. The van der Waals surface area contributed by atoms with Crippen LogP contribution >= 0.6 is 0 Å². The summed E-state index contributed by atoms with van der Waals surface area (Å²) in [5.41, 5.74) is 1.63. The first kappa shape index (κ1) is 13.3. The Kier molecular flexibility index (Phi) is 3.17. The van der Waals surface area contributed by atoms with E-state index in [0.29, 0.717) is 22.2 Å². The maximum Gasteiger partial charge on any atom is 0.260 e. The molecule has 4 nitrogen and oxygen atoms in total. The molecule has 106 valence electrons. The number of pyridine rings is 2. The minimum absolute atomic E-state index is 0.160. The lowest BCUT2D eigenvalue weighted by molar-refractivity contribution is 0.386. The second-order valence-electron chi connectivity index (χ2n) is 4.68. The predicted octanol–water partition coefficient (Wildman–Crippen LogP) is 2.75. The van der Waals surface area contributed by atoms with Crippen LogP contribution in [0, 0.1) is 5.82 Å². The van der Waals surface area contributed by atoms with Crippen LogP contribution in [0.15, 0.2) is 47.4 Å². The number of aromatic nitrogens is 2. The number of hydrogen-bond acceptors (Lipinski definition) is 3. The molecule has 0 bridgehead atoms. The summed E-state index contributed by atoms with van der Waals surface area (Å²) < 4.78 is 20.2. The molecule has 0 aliphatic carbocycles. The Labute approximate surface area is 120 Å². The Morgan fingerprint density at radius 3 is 2.76 bits per heavy atom. The van der Waals surface area contributed by atoms with E-state index in [2.05, 4.69) is 4.98 Å². The van der Waals surface area contributed by atoms with Crippen LogP contribution in [-0.4, -0.2) is 16.7 Å². The fraction of sp³-hybridized carbons (Fsp3) is 0.125. The second kappa shape index (κ2) is 5.01. The molecule has 0 radical (unpaired) electrons. The lowest BCUT2D eigenvalue weighted by Crippen LogP contribution is -2.18. The Hall–Kier alpha value is -2.69. The first-order chi connectivity index (χ1) is 10.1. The van der Waals surface area contributed by atoms with E-state index in [0.717, 1.165) is 0 Å². The van der Waals surface area contributed by atoms with Gasteiger partial charge in [0.05, 0.1) is 23.7 Å². The van der Waals surface area contributed by atoms with Crippen molar-refractivity contribution < 1.29 is 9.13 Å². The smallest absolute Gasteiger partial charge is 0.260 e. The van der Waals surface area contributed by atoms with Gasteiger partial charge < -0.3 is 9.30 Å². The first-order valence-corrected chi connectivity index (χ1v) is 6.40. The maximum absolute atomic E-state index is 13.9. The van der Waals surface area contributed by atoms with Crippen LogP contribution in [0.5, 0.6) is 5.75 Å². The van der Waals surface area contributed by atoms with Crippen molar-refractivity contribution in [3.05, 3.63) is 58.8 Å². The van der Waals surface area contributed by atoms with Gasteiger partial charge in [0.25, 0.3) is 5.56 Å². The summed E-state index contributed by atoms with van der Waals surface area (Å²) in [6, 6.07) is 9.82. The van der Waals surface area contributed by atoms with Crippen molar-refractivity contribution in [1.29, 1.82) is 0 Å². The van der Waals surface area contributed by atoms with Crippen molar-refractivity contribution in [2.24, 2.45) is 7.05 Å².